The van der Waals surface area contributed by atoms with Gasteiger partial charge in [-0.15, -0.1) is 0 Å². The number of carbonyl (C=O) groups excluding carboxylic acids is 2. The second kappa shape index (κ2) is 48.0. The molecular formula is C61H114O15. The number of unbranched alkanes of at least 4 members (excludes halogenated alkanes) is 35. The zero-order valence-corrected chi connectivity index (χ0v) is 48.0. The van der Waals surface area contributed by atoms with Gasteiger partial charge in [0.05, 0.1) is 19.8 Å². The summed E-state index contributed by atoms with van der Waals surface area (Å²) < 4.78 is 33.7. The zero-order chi connectivity index (χ0) is 55.3. The first-order valence-corrected chi connectivity index (χ1v) is 31.3. The Labute approximate surface area is 460 Å². The number of esters is 2. The van der Waals surface area contributed by atoms with Crippen LogP contribution in [-0.2, 0) is 38.0 Å². The molecule has 0 aromatic rings. The van der Waals surface area contributed by atoms with Gasteiger partial charge in [-0.2, -0.15) is 0 Å². The molecule has 0 aromatic carbocycles. The third-order valence-electron chi connectivity index (χ3n) is 15.2. The van der Waals surface area contributed by atoms with Gasteiger partial charge in [-0.25, -0.2) is 0 Å². The Hall–Kier alpha value is -1.76. The second-order valence-corrected chi connectivity index (χ2v) is 22.2. The molecule has 76 heavy (non-hydrogen) atoms. The quantitative estimate of drug-likeness (QED) is 0.0171. The molecule has 2 fully saturated rings. The molecule has 2 rings (SSSR count). The van der Waals surface area contributed by atoms with E-state index in [4.69, 9.17) is 28.4 Å². The second-order valence-electron chi connectivity index (χ2n) is 22.2. The highest BCUT2D eigenvalue weighted by Crippen LogP contribution is 2.27. The maximum Gasteiger partial charge on any atom is 0.306 e. The van der Waals surface area contributed by atoms with E-state index in [2.05, 4.69) is 26.0 Å². The summed E-state index contributed by atoms with van der Waals surface area (Å²) in [5.74, 6) is -0.917. The number of hydrogen-bond acceptors (Lipinski definition) is 15. The van der Waals surface area contributed by atoms with Crippen LogP contribution in [0.3, 0.4) is 0 Å². The Bertz CT molecular complexity index is 1370. The van der Waals surface area contributed by atoms with Crippen molar-refractivity contribution in [2.24, 2.45) is 0 Å². The summed E-state index contributed by atoms with van der Waals surface area (Å²) in [6.45, 7) is 2.64. The molecule has 448 valence electrons. The van der Waals surface area contributed by atoms with E-state index in [1.165, 1.54) is 173 Å². The normalized spacial score (nSPS) is 24.3. The Kier molecular flexibility index (Phi) is 44.4. The molecule has 0 spiro atoms. The number of carbonyl (C=O) groups is 2. The molecule has 11 atom stereocenters. The van der Waals surface area contributed by atoms with Gasteiger partial charge < -0.3 is 64.2 Å². The van der Waals surface area contributed by atoms with Crippen LogP contribution in [0.5, 0.6) is 0 Å². The molecule has 7 N–H and O–H groups in total. The van der Waals surface area contributed by atoms with Crippen molar-refractivity contribution in [2.75, 3.05) is 26.4 Å². The molecule has 0 amide bonds. The van der Waals surface area contributed by atoms with E-state index in [1.54, 1.807) is 0 Å². The molecule has 2 aliphatic rings. The van der Waals surface area contributed by atoms with E-state index in [0.717, 1.165) is 57.8 Å². The molecule has 2 aliphatic heterocycles. The van der Waals surface area contributed by atoms with Crippen LogP contribution in [0.4, 0.5) is 0 Å². The predicted molar refractivity (Wildman–Crippen MR) is 298 cm³/mol. The Morgan fingerprint density at radius 1 is 0.408 bits per heavy atom. The number of ether oxygens (including phenoxy) is 6. The fraction of sp³-hybridized carbons (Fsp3) is 0.934. The first-order chi connectivity index (χ1) is 37.0. The standard InChI is InChI=1S/C61H114O15/c1-3-5-7-9-11-13-15-17-19-21-22-23-24-25-26-27-28-30-31-33-35-37-39-41-43-52(63)71-46-49(74-53(64)44-42-40-38-36-34-32-29-20-18-16-14-12-10-8-6-4-2)47-72-60-59(70)57(68)55(66)51(76-60)48-73-61-58(69)56(67)54(65)50(45-62)75-61/h20,29,49-51,54-62,65-70H,3-19,21-28,30-48H2,1-2H3/b29-20-. The Morgan fingerprint density at radius 2 is 0.750 bits per heavy atom. The highest BCUT2D eigenvalue weighted by Gasteiger charge is 2.47. The summed E-state index contributed by atoms with van der Waals surface area (Å²) in [4.78, 5) is 25.9. The van der Waals surface area contributed by atoms with Crippen molar-refractivity contribution in [3.63, 3.8) is 0 Å². The lowest BCUT2D eigenvalue weighted by Gasteiger charge is -2.42. The van der Waals surface area contributed by atoms with Crippen LogP contribution in [0.2, 0.25) is 0 Å². The summed E-state index contributed by atoms with van der Waals surface area (Å²) >= 11 is 0. The van der Waals surface area contributed by atoms with Gasteiger partial charge in [-0.1, -0.05) is 231 Å². The van der Waals surface area contributed by atoms with Crippen molar-refractivity contribution < 1.29 is 73.8 Å². The summed E-state index contributed by atoms with van der Waals surface area (Å²) in [7, 11) is 0. The molecule has 2 heterocycles. The number of hydrogen-bond donors (Lipinski definition) is 7. The highest BCUT2D eigenvalue weighted by atomic mass is 16.7. The van der Waals surface area contributed by atoms with Crippen molar-refractivity contribution in [2.45, 2.75) is 338 Å². The van der Waals surface area contributed by atoms with Crippen molar-refractivity contribution in [1.82, 2.24) is 0 Å². The summed E-state index contributed by atoms with van der Waals surface area (Å²) in [6.07, 6.45) is 35.3. The average Bonchev–Trinajstić information content (AvgIpc) is 3.41. The minimum absolute atomic E-state index is 0.160. The fourth-order valence-corrected chi connectivity index (χ4v) is 10.2. The lowest BCUT2D eigenvalue weighted by Crippen LogP contribution is -2.61. The molecule has 0 aromatic heterocycles. The van der Waals surface area contributed by atoms with Gasteiger partial charge in [0.2, 0.25) is 0 Å². The van der Waals surface area contributed by atoms with Gasteiger partial charge in [0.25, 0.3) is 0 Å². The predicted octanol–water partition coefficient (Wildman–Crippen LogP) is 11.3. The number of rotatable bonds is 51. The average molecular weight is 1090 g/mol. The highest BCUT2D eigenvalue weighted by molar-refractivity contribution is 5.70. The third kappa shape index (κ3) is 34.4. The fourth-order valence-electron chi connectivity index (χ4n) is 10.2. The van der Waals surface area contributed by atoms with Crippen molar-refractivity contribution in [1.29, 1.82) is 0 Å². The van der Waals surface area contributed by atoms with Crippen LogP contribution in [0, 0.1) is 0 Å². The largest absolute Gasteiger partial charge is 0.462 e. The summed E-state index contributed by atoms with van der Waals surface area (Å²) in [5, 5.41) is 72.3. The van der Waals surface area contributed by atoms with Crippen molar-refractivity contribution in [3.05, 3.63) is 12.2 Å². The smallest absolute Gasteiger partial charge is 0.306 e. The minimum atomic E-state index is -1.76. The van der Waals surface area contributed by atoms with Crippen LogP contribution in [0.1, 0.15) is 271 Å². The van der Waals surface area contributed by atoms with Gasteiger partial charge in [0.1, 0.15) is 55.4 Å². The molecule has 0 bridgehead atoms. The molecule has 2 saturated heterocycles. The van der Waals surface area contributed by atoms with Crippen LogP contribution < -0.4 is 0 Å². The third-order valence-corrected chi connectivity index (χ3v) is 15.2. The lowest BCUT2D eigenvalue weighted by atomic mass is 9.98. The first kappa shape index (κ1) is 70.3. The van der Waals surface area contributed by atoms with Gasteiger partial charge in [-0.05, 0) is 38.5 Å². The molecule has 0 aliphatic carbocycles. The maximum absolute atomic E-state index is 13.1. The molecule has 15 nitrogen and oxygen atoms in total. The van der Waals surface area contributed by atoms with Gasteiger partial charge in [0, 0.05) is 12.8 Å². The van der Waals surface area contributed by atoms with E-state index < -0.39 is 92.7 Å². The van der Waals surface area contributed by atoms with E-state index in [9.17, 15) is 45.3 Å². The van der Waals surface area contributed by atoms with E-state index in [1.807, 2.05) is 0 Å². The van der Waals surface area contributed by atoms with Crippen LogP contribution in [0.15, 0.2) is 12.2 Å². The summed E-state index contributed by atoms with van der Waals surface area (Å²) in [6, 6.07) is 0. The molecule has 0 saturated carbocycles. The summed E-state index contributed by atoms with van der Waals surface area (Å²) in [5.41, 5.74) is 0. The van der Waals surface area contributed by atoms with Gasteiger partial charge in [0.15, 0.2) is 18.7 Å². The van der Waals surface area contributed by atoms with Crippen LogP contribution in [-0.4, -0.2) is 142 Å². The Balaban J connectivity index is 1.70. The number of aliphatic hydroxyl groups excluding tert-OH is 7. The zero-order valence-electron chi connectivity index (χ0n) is 48.0. The van der Waals surface area contributed by atoms with Crippen LogP contribution in [0.25, 0.3) is 0 Å². The minimum Gasteiger partial charge on any atom is -0.462 e. The monoisotopic (exact) mass is 1090 g/mol. The van der Waals surface area contributed by atoms with Crippen LogP contribution >= 0.6 is 0 Å². The topological polar surface area (TPSA) is 231 Å². The SMILES string of the molecule is CCCCCCCCC/C=C\CCCCCCCC(=O)OC(COC(=O)CCCCCCCCCCCCCCCCCCCCCCCCCC)COC1OC(COC2OC(CO)C(O)C(O)C2O)C(O)C(O)C1O. The molecular weight excluding hydrogens is 973 g/mol. The lowest BCUT2D eigenvalue weighted by molar-refractivity contribution is -0.332. The van der Waals surface area contributed by atoms with E-state index in [-0.39, 0.29) is 26.1 Å². The first-order valence-electron chi connectivity index (χ1n) is 31.3. The van der Waals surface area contributed by atoms with Crippen molar-refractivity contribution >= 4 is 11.9 Å². The maximum atomic E-state index is 13.1. The Morgan fingerprint density at radius 3 is 1.16 bits per heavy atom. The van der Waals surface area contributed by atoms with Gasteiger partial charge >= 0.3 is 11.9 Å². The molecule has 15 heteroatoms. The van der Waals surface area contributed by atoms with Gasteiger partial charge in [-0.3, -0.25) is 9.59 Å². The molecule has 11 unspecified atom stereocenters. The van der Waals surface area contributed by atoms with Crippen molar-refractivity contribution in [3.8, 4) is 0 Å². The van der Waals surface area contributed by atoms with E-state index >= 15 is 0 Å². The number of allylic oxidation sites excluding steroid dienone is 2. The number of aliphatic hydroxyl groups is 7. The van der Waals surface area contributed by atoms with E-state index in [0.29, 0.717) is 12.8 Å². The molecule has 0 radical (unpaired) electrons.